The number of carbonyl (C=O) groups excluding carboxylic acids is 1. The normalized spacial score (nSPS) is 25.1. The van der Waals surface area contributed by atoms with Gasteiger partial charge in [0, 0.05) is 5.92 Å². The third-order valence-electron chi connectivity index (χ3n) is 4.92. The maximum atomic E-state index is 12.5. The number of aliphatic hydroxyl groups excluding tert-OH is 1. The number of aromatic amines is 1. The summed E-state index contributed by atoms with van der Waals surface area (Å²) in [6, 6.07) is 0. The Morgan fingerprint density at radius 2 is 1.62 bits per heavy atom. The molecule has 0 aliphatic carbocycles. The second-order valence-electron chi connectivity index (χ2n) is 8.83. The molecule has 1 aliphatic heterocycles. The first kappa shape index (κ1) is 32.8. The molecular weight excluding hydrogens is 630 g/mol. The van der Waals surface area contributed by atoms with Crippen LogP contribution in [0.15, 0.2) is 11.1 Å². The number of fused-ring (bicyclic) bond motifs is 1. The fourth-order valence-electron chi connectivity index (χ4n) is 3.36. The Bertz CT molecular complexity index is 1530. The average molecular weight is 655 g/mol. The highest BCUT2D eigenvalue weighted by atomic mass is 31.2. The number of anilines is 1. The van der Waals surface area contributed by atoms with Crippen molar-refractivity contribution < 1.29 is 71.3 Å². The van der Waals surface area contributed by atoms with E-state index in [0.29, 0.717) is 0 Å². The molecule has 0 spiro atoms. The predicted molar refractivity (Wildman–Crippen MR) is 131 cm³/mol. The molecule has 0 radical (unpaired) electrons. The minimum Gasteiger partial charge on any atom is -0.385 e. The first-order valence-corrected chi connectivity index (χ1v) is 17.9. The second-order valence-corrected chi connectivity index (χ2v) is 16.7. The lowest BCUT2D eigenvalue weighted by Gasteiger charge is -2.24. The highest BCUT2D eigenvalue weighted by molar-refractivity contribution is 7.70. The van der Waals surface area contributed by atoms with Crippen LogP contribution in [0, 0.1) is 5.92 Å². The number of H-pyrrole nitrogens is 1. The number of amides is 1. The number of imidazole rings is 1. The molecule has 1 fully saturated rings. The molecule has 0 bridgehead atoms. The van der Waals surface area contributed by atoms with E-state index in [1.54, 1.807) is 13.8 Å². The summed E-state index contributed by atoms with van der Waals surface area (Å²) in [7, 11) is -20.8. The summed E-state index contributed by atoms with van der Waals surface area (Å²) >= 11 is 0. The summed E-state index contributed by atoms with van der Waals surface area (Å²) in [5.74, 6) is -4.89. The molecule has 6 atom stereocenters. The molecule has 2 aromatic heterocycles. The highest BCUT2D eigenvalue weighted by Crippen LogP contribution is 2.60. The summed E-state index contributed by atoms with van der Waals surface area (Å²) in [6.45, 7) is 3.09. The zero-order valence-corrected chi connectivity index (χ0v) is 23.9. The number of hydrogen-bond acceptors (Lipinski definition) is 12. The zero-order valence-electron chi connectivity index (χ0n) is 20.3. The van der Waals surface area contributed by atoms with Gasteiger partial charge in [0.25, 0.3) is 5.56 Å². The van der Waals surface area contributed by atoms with Gasteiger partial charge >= 0.3 is 30.4 Å². The SMILES string of the molecule is CC(C)C(=O)Nc1nc2c(ncn2[C@@H]2O[C@H](OP(=O)(O)CP(=O)(O)O)[C@@H](O)[C@H]2OP(=O)(O)CP(=O)(O)O)c(=O)[nH]1. The third-order valence-corrected chi connectivity index (χ3v) is 11.8. The molecule has 3 rings (SSSR count). The van der Waals surface area contributed by atoms with Crippen LogP contribution < -0.4 is 10.9 Å². The van der Waals surface area contributed by atoms with Crippen molar-refractivity contribution >= 4 is 53.4 Å². The molecular formula is C15H25N5O16P4. The van der Waals surface area contributed by atoms with Crippen LogP contribution in [0.5, 0.6) is 0 Å². The maximum absolute atomic E-state index is 12.5. The molecule has 25 heteroatoms. The fourth-order valence-corrected chi connectivity index (χ4v) is 8.73. The Balaban J connectivity index is 2.07. The van der Waals surface area contributed by atoms with Crippen LogP contribution >= 0.6 is 30.4 Å². The van der Waals surface area contributed by atoms with Gasteiger partial charge in [-0.05, 0) is 0 Å². The second kappa shape index (κ2) is 11.6. The van der Waals surface area contributed by atoms with Crippen LogP contribution in [-0.2, 0) is 36.8 Å². The molecule has 9 N–H and O–H groups in total. The van der Waals surface area contributed by atoms with Crippen molar-refractivity contribution in [2.45, 2.75) is 38.6 Å². The van der Waals surface area contributed by atoms with Gasteiger partial charge in [-0.15, -0.1) is 0 Å². The van der Waals surface area contributed by atoms with Crippen molar-refractivity contribution in [1.82, 2.24) is 19.5 Å². The molecule has 0 saturated carbocycles. The number of rotatable bonds is 11. The summed E-state index contributed by atoms with van der Waals surface area (Å²) in [5.41, 5.74) is -1.66. The van der Waals surface area contributed by atoms with Gasteiger partial charge in [-0.25, -0.2) is 4.98 Å². The minimum absolute atomic E-state index is 0.377. The molecule has 21 nitrogen and oxygen atoms in total. The largest absolute Gasteiger partial charge is 0.385 e. The van der Waals surface area contributed by atoms with Gasteiger partial charge < -0.3 is 39.2 Å². The average Bonchev–Trinajstić information content (AvgIpc) is 3.26. The number of hydrogen-bond donors (Lipinski definition) is 9. The molecule has 1 saturated heterocycles. The quantitative estimate of drug-likeness (QED) is 0.131. The summed E-state index contributed by atoms with van der Waals surface area (Å²) in [6.07, 6.45) is -7.79. The zero-order chi connectivity index (χ0) is 30.4. The molecule has 2 aromatic rings. The lowest BCUT2D eigenvalue weighted by Crippen LogP contribution is -2.34. The molecule has 1 amide bonds. The number of ether oxygens (including phenoxy) is 1. The molecule has 3 heterocycles. The van der Waals surface area contributed by atoms with Crippen molar-refractivity contribution in [3.8, 4) is 0 Å². The van der Waals surface area contributed by atoms with Crippen molar-refractivity contribution in [3.63, 3.8) is 0 Å². The van der Waals surface area contributed by atoms with Gasteiger partial charge in [-0.3, -0.25) is 51.8 Å². The van der Waals surface area contributed by atoms with Crippen LogP contribution in [0.25, 0.3) is 11.2 Å². The molecule has 2 unspecified atom stereocenters. The van der Waals surface area contributed by atoms with Crippen LogP contribution in [0.4, 0.5) is 5.95 Å². The Labute approximate surface area is 222 Å². The number of aromatic nitrogens is 4. The monoisotopic (exact) mass is 655 g/mol. The standard InChI is InChI=1S/C15H25N5O16P4/c1-6(2)11(22)18-15-17-10-7(12(23)19-15)16-3-20(10)13-9(35-39(30,31)4-37(24,25)26)8(21)14(34-13)36-40(32,33)5-38(27,28)29/h3,6,8-9,13-14,21H,4-5H2,1-2H3,(H,30,31)(H,32,33)(H2,24,25,26)(H2,27,28,29)(H2,17,18,19,22,23)/t8-,9+,13+,14+/m0/s1. The van der Waals surface area contributed by atoms with E-state index in [-0.39, 0.29) is 17.1 Å². The van der Waals surface area contributed by atoms with Gasteiger partial charge in [0.2, 0.25) is 11.9 Å². The Morgan fingerprint density at radius 3 is 2.15 bits per heavy atom. The van der Waals surface area contributed by atoms with Crippen LogP contribution in [0.1, 0.15) is 20.1 Å². The molecule has 0 aromatic carbocycles. The van der Waals surface area contributed by atoms with Crippen molar-refractivity contribution in [2.75, 3.05) is 17.1 Å². The molecule has 226 valence electrons. The van der Waals surface area contributed by atoms with Gasteiger partial charge in [0.05, 0.1) is 6.33 Å². The number of aliphatic hydroxyl groups is 1. The number of nitrogens with one attached hydrogen (secondary N) is 2. The van der Waals surface area contributed by atoms with E-state index in [1.807, 2.05) is 0 Å². The Hall–Kier alpha value is -1.66. The maximum Gasteiger partial charge on any atom is 0.342 e. The first-order chi connectivity index (χ1) is 18.1. The number of nitrogens with zero attached hydrogens (tertiary/aromatic N) is 3. The van der Waals surface area contributed by atoms with Gasteiger partial charge in [-0.1, -0.05) is 13.8 Å². The lowest BCUT2D eigenvalue weighted by atomic mass is 10.2. The number of carbonyl (C=O) groups is 1. The van der Waals surface area contributed by atoms with Crippen molar-refractivity contribution in [2.24, 2.45) is 5.92 Å². The van der Waals surface area contributed by atoms with Crippen LogP contribution in [-0.4, -0.2) is 90.2 Å². The van der Waals surface area contributed by atoms with Gasteiger partial charge in [0.1, 0.15) is 12.2 Å². The smallest absolute Gasteiger partial charge is 0.342 e. The van der Waals surface area contributed by atoms with Crippen LogP contribution in [0.2, 0.25) is 0 Å². The van der Waals surface area contributed by atoms with Crippen LogP contribution in [0.3, 0.4) is 0 Å². The van der Waals surface area contributed by atoms with Crippen molar-refractivity contribution in [1.29, 1.82) is 0 Å². The highest BCUT2D eigenvalue weighted by Gasteiger charge is 2.52. The van der Waals surface area contributed by atoms with E-state index in [0.717, 1.165) is 10.9 Å². The lowest BCUT2D eigenvalue weighted by molar-refractivity contribution is -0.128. The Morgan fingerprint density at radius 1 is 1.07 bits per heavy atom. The predicted octanol–water partition coefficient (Wildman–Crippen LogP) is -1.03. The van der Waals surface area contributed by atoms with Gasteiger partial charge in [0.15, 0.2) is 35.5 Å². The van der Waals surface area contributed by atoms with Gasteiger partial charge in [-0.2, -0.15) is 4.98 Å². The van der Waals surface area contributed by atoms with E-state index in [4.69, 9.17) is 28.8 Å². The first-order valence-electron chi connectivity index (χ1n) is 10.8. The summed E-state index contributed by atoms with van der Waals surface area (Å²) in [5, 5.41) is 13.0. The third kappa shape index (κ3) is 8.44. The molecule has 1 aliphatic rings. The van der Waals surface area contributed by atoms with Crippen molar-refractivity contribution in [3.05, 3.63) is 16.7 Å². The topological polar surface area (TPSA) is 330 Å². The van der Waals surface area contributed by atoms with E-state index >= 15 is 0 Å². The van der Waals surface area contributed by atoms with E-state index in [9.17, 15) is 42.7 Å². The fraction of sp³-hybridized carbons (Fsp3) is 0.600. The van der Waals surface area contributed by atoms with E-state index in [1.165, 1.54) is 0 Å². The summed E-state index contributed by atoms with van der Waals surface area (Å²) in [4.78, 5) is 90.8. The Kier molecular flexibility index (Phi) is 9.49. The summed E-state index contributed by atoms with van der Waals surface area (Å²) < 4.78 is 62.9. The minimum atomic E-state index is -5.25. The van der Waals surface area contributed by atoms with E-state index in [2.05, 4.69) is 24.8 Å². The molecule has 40 heavy (non-hydrogen) atoms. The van der Waals surface area contributed by atoms with E-state index < -0.39 is 84.3 Å².